The van der Waals surface area contributed by atoms with Gasteiger partial charge in [0.05, 0.1) is 16.9 Å². The Balaban J connectivity index is 0.000000364. The third kappa shape index (κ3) is 16.0. The van der Waals surface area contributed by atoms with Crippen LogP contribution in [0.5, 0.6) is 0 Å². The summed E-state index contributed by atoms with van der Waals surface area (Å²) in [7, 11) is 1.33. The largest absolute Gasteiger partial charge is 0.495 e. The summed E-state index contributed by atoms with van der Waals surface area (Å²) < 4.78 is 194. The molecule has 1 fully saturated rings. The molecule has 484 valence electrons. The van der Waals surface area contributed by atoms with Crippen molar-refractivity contribution < 1.29 is 90.5 Å². The van der Waals surface area contributed by atoms with E-state index in [0.29, 0.717) is 36.8 Å². The van der Waals surface area contributed by atoms with Gasteiger partial charge >= 0.3 is 49.2 Å². The zero-order valence-electron chi connectivity index (χ0n) is 52.6. The summed E-state index contributed by atoms with van der Waals surface area (Å²) in [5.41, 5.74) is -0.473. The van der Waals surface area contributed by atoms with E-state index in [1.165, 1.54) is 29.5 Å². The van der Waals surface area contributed by atoms with Crippen molar-refractivity contribution in [2.24, 2.45) is 0 Å². The van der Waals surface area contributed by atoms with Gasteiger partial charge in [0, 0.05) is 47.9 Å². The number of benzene rings is 4. The highest BCUT2D eigenvalue weighted by molar-refractivity contribution is 6.62. The maximum atomic E-state index is 13.7. The summed E-state index contributed by atoms with van der Waals surface area (Å²) in [6, 6.07) is 26.4. The molecule has 89 heavy (non-hydrogen) atoms. The number of alkyl halides is 12. The van der Waals surface area contributed by atoms with Crippen LogP contribution in [0.3, 0.4) is 0 Å². The number of carbonyl (C=O) groups excluding carboxylic acids is 2. The van der Waals surface area contributed by atoms with E-state index in [4.69, 9.17) is 18.9 Å². The first-order valence-electron chi connectivity index (χ1n) is 28.7. The van der Waals surface area contributed by atoms with Gasteiger partial charge in [0.15, 0.2) is 0 Å². The summed E-state index contributed by atoms with van der Waals surface area (Å²) in [6.45, 7) is 23.0. The Morgan fingerprint density at radius 2 is 0.865 bits per heavy atom. The Bertz CT molecular complexity index is 3310. The molecule has 2 heterocycles. The molecule has 0 unspecified atom stereocenters. The molecule has 0 saturated carbocycles. The predicted molar refractivity (Wildman–Crippen MR) is 315 cm³/mol. The zero-order chi connectivity index (χ0) is 67.4. The van der Waals surface area contributed by atoms with E-state index in [1.54, 1.807) is 38.1 Å². The number of aryl methyl sites for hydroxylation is 5. The number of aromatic nitrogens is 1. The fourth-order valence-electron chi connectivity index (χ4n) is 10.8. The van der Waals surface area contributed by atoms with Crippen LogP contribution < -0.4 is 5.46 Å². The van der Waals surface area contributed by atoms with Gasteiger partial charge in [0.2, 0.25) is 0 Å². The number of pyridine rings is 1. The molecule has 22 heteroatoms. The van der Waals surface area contributed by atoms with Gasteiger partial charge in [-0.3, -0.25) is 4.98 Å². The summed E-state index contributed by atoms with van der Waals surface area (Å²) in [5.74, 6) is 6.90. The molecule has 9 nitrogen and oxygen atoms in total. The van der Waals surface area contributed by atoms with Gasteiger partial charge in [-0.1, -0.05) is 125 Å². The molecule has 1 aliphatic heterocycles. The monoisotopic (exact) mass is 1260 g/mol. The molecule has 0 N–H and O–H groups in total. The van der Waals surface area contributed by atoms with E-state index in [-0.39, 0.29) is 17.3 Å². The van der Waals surface area contributed by atoms with Crippen LogP contribution >= 0.6 is 0 Å². The fourth-order valence-corrected chi connectivity index (χ4v) is 10.8. The average molecular weight is 1260 g/mol. The molecular formula is C67H76BF12NO8. The zero-order valence-corrected chi connectivity index (χ0v) is 52.6. The molecule has 0 amide bonds. The van der Waals surface area contributed by atoms with Crippen LogP contribution in [0.1, 0.15) is 156 Å². The Labute approximate surface area is 514 Å². The minimum absolute atomic E-state index is 0.0241. The quantitative estimate of drug-likeness (QED) is 0.0367. The number of hydrogen-bond donors (Lipinski definition) is 0. The van der Waals surface area contributed by atoms with Crippen molar-refractivity contribution in [3.63, 3.8) is 0 Å². The van der Waals surface area contributed by atoms with Crippen LogP contribution in [-0.4, -0.2) is 93.2 Å². The van der Waals surface area contributed by atoms with Gasteiger partial charge in [-0.05, 0) is 168 Å². The van der Waals surface area contributed by atoms with E-state index in [9.17, 15) is 52.7 Å². The van der Waals surface area contributed by atoms with Crippen molar-refractivity contribution in [1.29, 1.82) is 0 Å². The molecule has 4 aromatic carbocycles. The number of methoxy groups -OCH3 is 2. The average Bonchev–Trinajstić information content (AvgIpc) is 2.16. The third-order valence-corrected chi connectivity index (χ3v) is 16.8. The number of ether oxygens (including phenoxy) is 4. The van der Waals surface area contributed by atoms with Crippen molar-refractivity contribution in [3.8, 4) is 34.9 Å². The topological polar surface area (TPSA) is 102 Å². The maximum absolute atomic E-state index is 13.7. The van der Waals surface area contributed by atoms with Gasteiger partial charge in [-0.2, -0.15) is 62.3 Å². The Kier molecular flexibility index (Phi) is 25.0. The van der Waals surface area contributed by atoms with Crippen molar-refractivity contribution in [2.45, 2.75) is 186 Å². The van der Waals surface area contributed by atoms with Crippen LogP contribution in [0.25, 0.3) is 11.3 Å². The van der Waals surface area contributed by atoms with Gasteiger partial charge < -0.3 is 28.3 Å². The molecule has 0 atom stereocenters. The van der Waals surface area contributed by atoms with Gasteiger partial charge in [0.1, 0.15) is 13.6 Å². The fraction of sp³-hybridized carbons (Fsp3) is 0.493. The summed E-state index contributed by atoms with van der Waals surface area (Å²) in [6.07, 6.45) is -16.4. The maximum Gasteiger partial charge on any atom is 0.495 e. The molecule has 1 aromatic heterocycles. The lowest BCUT2D eigenvalue weighted by molar-refractivity contribution is -0.368. The lowest BCUT2D eigenvalue weighted by Gasteiger charge is -2.34. The highest BCUT2D eigenvalue weighted by Crippen LogP contribution is 2.48. The highest BCUT2D eigenvalue weighted by Gasteiger charge is 2.73. The molecule has 0 bridgehead atoms. The first kappa shape index (κ1) is 75.0. The molecule has 1 saturated heterocycles. The standard InChI is InChI=1S/C34H37F6NO2.C32H39BF6O4.CO2/c1-7-10-25-11-16-30(41-21-25)29-15-14-28(20-24(29)5)31(8-2,9-3)27-13-12-26(23(4)19-27)17-18-32(33(35,36)37,34(38,39)40)43-22-42-6;1-10-29(11-2,25-14-15-26(22(4)19-25)33-42-27(5,6)28(7,8)43-33)24-13-12-23(21(3)18-24)16-17-30(31(34,35)36,32(37,38)39)41-20-40-9;2-1-3/h11-16,19-21H,7-10,22H2,1-6H3;12-15,18-19H,10-11,20H2,1-9H3;. The number of halogens is 12. The minimum atomic E-state index is -5.85. The van der Waals surface area contributed by atoms with E-state index < -0.39 is 78.6 Å². The van der Waals surface area contributed by atoms with Crippen LogP contribution in [0.2, 0.25) is 0 Å². The number of nitrogens with zero attached hydrogens (tertiary/aromatic N) is 1. The Morgan fingerprint density at radius 1 is 0.506 bits per heavy atom. The van der Waals surface area contributed by atoms with Crippen LogP contribution in [0.15, 0.2) is 91.1 Å². The summed E-state index contributed by atoms with van der Waals surface area (Å²) in [4.78, 5) is 20.9. The molecule has 0 spiro atoms. The normalized spacial score (nSPS) is 14.5. The van der Waals surface area contributed by atoms with Gasteiger partial charge in [-0.15, -0.1) is 0 Å². The summed E-state index contributed by atoms with van der Waals surface area (Å²) >= 11 is 0. The van der Waals surface area contributed by atoms with Crippen LogP contribution in [0.4, 0.5) is 52.7 Å². The second-order valence-electron chi connectivity index (χ2n) is 22.7. The molecule has 5 aromatic rings. The van der Waals surface area contributed by atoms with Crippen molar-refractivity contribution in [1.82, 2.24) is 4.98 Å². The molecule has 0 aliphatic carbocycles. The summed E-state index contributed by atoms with van der Waals surface area (Å²) in [5, 5.41) is 0. The lowest BCUT2D eigenvalue weighted by Crippen LogP contribution is -2.58. The van der Waals surface area contributed by atoms with Crippen LogP contribution in [0, 0.1) is 51.4 Å². The van der Waals surface area contributed by atoms with E-state index >= 15 is 0 Å². The molecule has 6 rings (SSSR count). The van der Waals surface area contributed by atoms with E-state index in [0.717, 1.165) is 77.2 Å². The first-order chi connectivity index (χ1) is 41.3. The Morgan fingerprint density at radius 3 is 1.17 bits per heavy atom. The van der Waals surface area contributed by atoms with Gasteiger partial charge in [0.25, 0.3) is 0 Å². The van der Waals surface area contributed by atoms with Crippen molar-refractivity contribution in [2.75, 3.05) is 27.8 Å². The van der Waals surface area contributed by atoms with Crippen LogP contribution in [-0.2, 0) is 55.1 Å². The molecular weight excluding hydrogens is 1190 g/mol. The van der Waals surface area contributed by atoms with Crippen molar-refractivity contribution >= 4 is 18.7 Å². The van der Waals surface area contributed by atoms with E-state index in [2.05, 4.69) is 80.8 Å². The molecule has 0 radical (unpaired) electrons. The predicted octanol–water partition coefficient (Wildman–Crippen LogP) is 16.2. The van der Waals surface area contributed by atoms with Crippen molar-refractivity contribution in [3.05, 3.63) is 152 Å². The van der Waals surface area contributed by atoms with E-state index in [1.807, 2.05) is 85.9 Å². The second-order valence-corrected chi connectivity index (χ2v) is 22.7. The number of rotatable bonds is 18. The third-order valence-electron chi connectivity index (χ3n) is 16.8. The first-order valence-corrected chi connectivity index (χ1v) is 28.7. The second kappa shape index (κ2) is 29.6. The highest BCUT2D eigenvalue weighted by atomic mass is 19.4. The Hall–Kier alpha value is -6.49. The smallest absolute Gasteiger partial charge is 0.399 e. The van der Waals surface area contributed by atoms with Gasteiger partial charge in [-0.25, -0.2) is 0 Å². The molecule has 1 aliphatic rings. The number of hydrogen-bond acceptors (Lipinski definition) is 9. The minimum Gasteiger partial charge on any atom is -0.399 e. The SMILES string of the molecule is CCC(CC)(c1ccc(C#CC(OCOC)(C(F)(F)F)C(F)(F)F)c(C)c1)c1ccc(B2OC(C)(C)C(C)(C)O2)c(C)c1.CCCc1ccc(-c2ccc(C(CC)(CC)c3ccc(C#CC(OCOC)(C(F)(F)F)C(F)(F)F)c(C)c3)cc2C)nc1.O=C=O. The lowest BCUT2D eigenvalue weighted by atomic mass is 9.68.